The maximum atomic E-state index is 7.06. The van der Waals surface area contributed by atoms with Gasteiger partial charge in [0.1, 0.15) is 0 Å². The van der Waals surface area contributed by atoms with Gasteiger partial charge in [-0.2, -0.15) is 12.0 Å². The van der Waals surface area contributed by atoms with E-state index in [-0.39, 0.29) is 21.1 Å². The molecule has 13 atom stereocenters. The number of hydrogen-bond acceptors (Lipinski definition) is 3. The molecule has 1 saturated heterocycles. The van der Waals surface area contributed by atoms with Gasteiger partial charge in [-0.15, -0.1) is 23.5 Å². The molecule has 0 aromatic carbocycles. The number of hydrogen-bond donors (Lipinski definition) is 0. The molecule has 0 aromatic heterocycles. The van der Waals surface area contributed by atoms with Gasteiger partial charge in [0.25, 0.3) is 0 Å². The van der Waals surface area contributed by atoms with Crippen molar-refractivity contribution in [2.45, 2.75) is 131 Å². The van der Waals surface area contributed by atoms with Gasteiger partial charge >= 0.3 is 0 Å². The Bertz CT molecular complexity index is 979. The van der Waals surface area contributed by atoms with Gasteiger partial charge in [0.05, 0.1) is 12.2 Å². The Morgan fingerprint density at radius 2 is 1.28 bits per heavy atom. The molecule has 0 radical (unpaired) electrons. The maximum Gasteiger partial charge on any atom is 0.0641 e. The predicted molar refractivity (Wildman–Crippen MR) is 167 cm³/mol. The monoisotopic (exact) mass is 751 g/mol. The van der Waals surface area contributed by atoms with Crippen molar-refractivity contribution in [3.05, 3.63) is 28.4 Å². The van der Waals surface area contributed by atoms with E-state index in [4.69, 9.17) is 4.74 Å². The second-order valence-corrected chi connectivity index (χ2v) is 23.3. The van der Waals surface area contributed by atoms with E-state index in [0.29, 0.717) is 12.2 Å². The topological polar surface area (TPSA) is 9.23 Å². The van der Waals surface area contributed by atoms with Crippen LogP contribution in [0.25, 0.3) is 0 Å². The normalized spacial score (nSPS) is 52.2. The van der Waals surface area contributed by atoms with Crippen LogP contribution in [-0.4, -0.2) is 30.8 Å². The first-order chi connectivity index (χ1) is 18.4. The third-order valence-electron chi connectivity index (χ3n) is 13.5. The van der Waals surface area contributed by atoms with E-state index in [2.05, 4.69) is 69.0 Å². The van der Waals surface area contributed by atoms with Gasteiger partial charge < -0.3 is 11.2 Å². The van der Waals surface area contributed by atoms with Crippen molar-refractivity contribution in [2.24, 2.45) is 47.3 Å². The van der Waals surface area contributed by atoms with Gasteiger partial charge in [-0.3, -0.25) is 0 Å². The number of thioether (sulfide) groups is 2. The zero-order chi connectivity index (χ0) is 25.8. The van der Waals surface area contributed by atoms with Crippen LogP contribution < -0.4 is 0 Å². The van der Waals surface area contributed by atoms with Gasteiger partial charge in [0, 0.05) is 39.6 Å². The molecular weight excluding hydrogens is 700 g/mol. The Balaban J connectivity index is 0.00000253. The minimum atomic E-state index is -1.50. The maximum absolute atomic E-state index is 7.06. The Morgan fingerprint density at radius 3 is 1.97 bits per heavy atom. The molecule has 39 heavy (non-hydrogen) atoms. The molecule has 8 aliphatic rings. The fourth-order valence-corrected chi connectivity index (χ4v) is 22.5. The van der Waals surface area contributed by atoms with Gasteiger partial charge in [-0.1, -0.05) is 69.2 Å². The molecule has 0 amide bonds. The van der Waals surface area contributed by atoms with E-state index in [1.54, 1.807) is 9.81 Å². The van der Waals surface area contributed by atoms with Gasteiger partial charge in [0.15, 0.2) is 0 Å². The SMILES string of the molecule is CC1=CC2C3C=C(C)SC3C([Si](C)(C)C3[CH-]CC4C(C5CCCC6C7CCCCC7OC65)CCCC43)C2S1.[W]. The van der Waals surface area contributed by atoms with Crippen LogP contribution in [0, 0.1) is 53.8 Å². The van der Waals surface area contributed by atoms with E-state index in [9.17, 15) is 0 Å². The Kier molecular flexibility index (Phi) is 8.04. The average Bonchev–Trinajstić information content (AvgIpc) is 3.69. The number of allylic oxidation sites excluding steroid dienone is 4. The van der Waals surface area contributed by atoms with Gasteiger partial charge in [0.2, 0.25) is 0 Å². The molecule has 13 unspecified atom stereocenters. The Morgan fingerprint density at radius 1 is 0.718 bits per heavy atom. The van der Waals surface area contributed by atoms with Crippen LogP contribution in [0.4, 0.5) is 0 Å². The Labute approximate surface area is 262 Å². The summed E-state index contributed by atoms with van der Waals surface area (Å²) in [5, 5.41) is 1.73. The second kappa shape index (κ2) is 10.9. The quantitative estimate of drug-likeness (QED) is 0.210. The van der Waals surface area contributed by atoms with Crippen LogP contribution in [0.1, 0.15) is 84.5 Å². The summed E-state index contributed by atoms with van der Waals surface area (Å²) >= 11 is 4.57. The molecule has 3 heterocycles. The van der Waals surface area contributed by atoms with Gasteiger partial charge in [-0.25, -0.2) is 0 Å². The number of fused-ring (bicyclic) bond motifs is 7. The summed E-state index contributed by atoms with van der Waals surface area (Å²) in [5.74, 6) is 7.22. The minimum Gasteiger partial charge on any atom is -0.374 e. The first-order valence-corrected chi connectivity index (χ1v) is 21.5. The van der Waals surface area contributed by atoms with Crippen LogP contribution in [0.2, 0.25) is 24.2 Å². The van der Waals surface area contributed by atoms with Crippen LogP contribution in [0.3, 0.4) is 0 Å². The van der Waals surface area contributed by atoms with Crippen molar-refractivity contribution >= 4 is 31.6 Å². The van der Waals surface area contributed by atoms with Crippen molar-refractivity contribution in [1.29, 1.82) is 0 Å². The van der Waals surface area contributed by atoms with Crippen molar-refractivity contribution in [2.75, 3.05) is 0 Å². The predicted octanol–water partition coefficient (Wildman–Crippen LogP) is 9.73. The van der Waals surface area contributed by atoms with Crippen molar-refractivity contribution in [1.82, 2.24) is 0 Å². The summed E-state index contributed by atoms with van der Waals surface area (Å²) in [6, 6.07) is 0. The molecule has 5 aliphatic carbocycles. The molecule has 6 fully saturated rings. The number of rotatable bonds is 3. The molecule has 0 aromatic rings. The van der Waals surface area contributed by atoms with Gasteiger partial charge in [-0.05, 0) is 96.8 Å². The van der Waals surface area contributed by atoms with Crippen molar-refractivity contribution in [3.63, 3.8) is 0 Å². The average molecular weight is 752 g/mol. The molecule has 1 nitrogen and oxygen atoms in total. The van der Waals surface area contributed by atoms with Crippen LogP contribution in [-0.2, 0) is 25.8 Å². The third kappa shape index (κ3) is 4.51. The molecule has 0 bridgehead atoms. The van der Waals surface area contributed by atoms with Crippen molar-refractivity contribution in [3.8, 4) is 0 Å². The smallest absolute Gasteiger partial charge is 0.0641 e. The number of ether oxygens (including phenoxy) is 1. The van der Waals surface area contributed by atoms with Crippen molar-refractivity contribution < 1.29 is 25.8 Å². The summed E-state index contributed by atoms with van der Waals surface area (Å²) in [4.78, 5) is 3.23. The minimum absolute atomic E-state index is 0. The summed E-state index contributed by atoms with van der Waals surface area (Å²) in [7, 11) is -1.50. The van der Waals surface area contributed by atoms with E-state index >= 15 is 0 Å². The fourth-order valence-electron chi connectivity index (χ4n) is 12.3. The second-order valence-electron chi connectivity index (χ2n) is 15.5. The van der Waals surface area contributed by atoms with E-state index < -0.39 is 8.07 Å². The molecule has 216 valence electrons. The molecule has 8 rings (SSSR count). The van der Waals surface area contributed by atoms with E-state index in [0.717, 1.165) is 68.9 Å². The largest absolute Gasteiger partial charge is 0.374 e. The van der Waals surface area contributed by atoms with Crippen LogP contribution in [0.15, 0.2) is 22.0 Å². The summed E-state index contributed by atoms with van der Waals surface area (Å²) < 4.78 is 7.06. The summed E-state index contributed by atoms with van der Waals surface area (Å²) in [5.41, 5.74) is 1.89. The Hall–Kier alpha value is 1.05. The first kappa shape index (κ1) is 28.8. The molecule has 5 heteroatoms. The van der Waals surface area contributed by atoms with E-state index in [1.165, 1.54) is 70.6 Å². The first-order valence-electron chi connectivity index (χ1n) is 16.6. The van der Waals surface area contributed by atoms with E-state index in [1.807, 2.05) is 0 Å². The third-order valence-corrected chi connectivity index (χ3v) is 21.6. The molecule has 3 aliphatic heterocycles. The molecule has 0 spiro atoms. The zero-order valence-corrected chi connectivity index (χ0v) is 30.3. The van der Waals surface area contributed by atoms with Crippen LogP contribution in [0.5, 0.6) is 0 Å². The fraction of sp³-hybridized carbons (Fsp3) is 0.853. The molecular formula is C34H51OS2SiW-. The van der Waals surface area contributed by atoms with Crippen LogP contribution >= 0.6 is 23.5 Å². The summed E-state index contributed by atoms with van der Waals surface area (Å²) in [6.07, 6.45) is 25.7. The summed E-state index contributed by atoms with van der Waals surface area (Å²) in [6.45, 7) is 10.5. The molecule has 0 N–H and O–H groups in total. The molecule has 5 saturated carbocycles. The zero-order valence-electron chi connectivity index (χ0n) is 24.7. The standard InChI is InChI=1S/C34H51OS2Si.W/c1-19-17-27-28-18-20(2)37-33(28)34(32(27)36-19)38(3,4)30-16-15-22-21(10-7-11-24(22)30)25-12-8-13-26-23-9-5-6-14-29(23)35-31(25)26;/h16-18,21-34H,5-15H2,1-4H3;/q-1;.